The molecule has 118 valence electrons. The molecule has 1 amide bonds. The van der Waals surface area contributed by atoms with E-state index < -0.39 is 0 Å². The Balaban J connectivity index is 1.47. The fourth-order valence-corrected chi connectivity index (χ4v) is 2.29. The van der Waals surface area contributed by atoms with Gasteiger partial charge in [0.1, 0.15) is 0 Å². The number of amides is 1. The number of ether oxygens (including phenoxy) is 1. The first-order valence-corrected chi connectivity index (χ1v) is 7.60. The predicted octanol–water partition coefficient (Wildman–Crippen LogP) is 0.539. The number of morpholine rings is 1. The van der Waals surface area contributed by atoms with Crippen LogP contribution in [-0.4, -0.2) is 60.3 Å². The third-order valence-electron chi connectivity index (χ3n) is 3.44. The molecule has 1 aliphatic rings. The number of aromatic nitrogens is 2. The Labute approximate surface area is 125 Å². The Bertz CT molecular complexity index is 430. The van der Waals surface area contributed by atoms with Crippen LogP contribution in [0, 0.1) is 6.92 Å². The third-order valence-corrected chi connectivity index (χ3v) is 3.44. The Morgan fingerprint density at radius 3 is 2.86 bits per heavy atom. The molecule has 2 heterocycles. The van der Waals surface area contributed by atoms with Gasteiger partial charge in [-0.1, -0.05) is 5.16 Å². The van der Waals surface area contributed by atoms with Gasteiger partial charge < -0.3 is 14.6 Å². The zero-order valence-corrected chi connectivity index (χ0v) is 12.6. The van der Waals surface area contributed by atoms with E-state index in [2.05, 4.69) is 20.4 Å². The summed E-state index contributed by atoms with van der Waals surface area (Å²) in [4.78, 5) is 18.2. The number of carbonyl (C=O) groups is 1. The highest BCUT2D eigenvalue weighted by molar-refractivity contribution is 5.75. The zero-order chi connectivity index (χ0) is 14.9. The maximum Gasteiger partial charge on any atom is 0.226 e. The second kappa shape index (κ2) is 8.74. The van der Waals surface area contributed by atoms with Gasteiger partial charge >= 0.3 is 0 Å². The van der Waals surface area contributed by atoms with Gasteiger partial charge in [0, 0.05) is 32.5 Å². The molecule has 1 aromatic rings. The van der Waals surface area contributed by atoms with E-state index in [1.807, 2.05) is 0 Å². The lowest BCUT2D eigenvalue weighted by Crippen LogP contribution is -2.38. The van der Waals surface area contributed by atoms with Crippen molar-refractivity contribution in [2.24, 2.45) is 0 Å². The first-order chi connectivity index (χ1) is 10.2. The Kier molecular flexibility index (Phi) is 6.62. The summed E-state index contributed by atoms with van der Waals surface area (Å²) in [7, 11) is 0. The van der Waals surface area contributed by atoms with Crippen LogP contribution in [0.25, 0.3) is 0 Å². The minimum Gasteiger partial charge on any atom is -0.379 e. The van der Waals surface area contributed by atoms with E-state index in [0.29, 0.717) is 24.6 Å². The molecule has 1 fully saturated rings. The molecule has 0 aliphatic carbocycles. The van der Waals surface area contributed by atoms with Gasteiger partial charge in [0.2, 0.25) is 11.8 Å². The van der Waals surface area contributed by atoms with Crippen molar-refractivity contribution >= 4 is 5.91 Å². The second-order valence-corrected chi connectivity index (χ2v) is 5.25. The molecule has 2 rings (SSSR count). The van der Waals surface area contributed by atoms with Crippen molar-refractivity contribution in [3.8, 4) is 0 Å². The minimum atomic E-state index is 0.0909. The molecule has 1 aliphatic heterocycles. The van der Waals surface area contributed by atoms with Crippen molar-refractivity contribution in [2.45, 2.75) is 32.6 Å². The largest absolute Gasteiger partial charge is 0.379 e. The van der Waals surface area contributed by atoms with Gasteiger partial charge in [-0.3, -0.25) is 9.69 Å². The molecule has 0 spiro atoms. The summed E-state index contributed by atoms with van der Waals surface area (Å²) in [5.74, 6) is 1.33. The highest BCUT2D eigenvalue weighted by Gasteiger charge is 2.09. The first-order valence-electron chi connectivity index (χ1n) is 7.60. The van der Waals surface area contributed by atoms with E-state index in [1.165, 1.54) is 0 Å². The lowest BCUT2D eigenvalue weighted by molar-refractivity contribution is -0.121. The van der Waals surface area contributed by atoms with Crippen molar-refractivity contribution in [2.75, 3.05) is 39.4 Å². The lowest BCUT2D eigenvalue weighted by Gasteiger charge is -2.26. The SMILES string of the molecule is Cc1noc(CCCC(=O)NCCCN2CCOCC2)n1. The maximum atomic E-state index is 11.7. The monoisotopic (exact) mass is 296 g/mol. The van der Waals surface area contributed by atoms with E-state index in [4.69, 9.17) is 9.26 Å². The minimum absolute atomic E-state index is 0.0909. The number of nitrogens with zero attached hydrogens (tertiary/aromatic N) is 3. The fraction of sp³-hybridized carbons (Fsp3) is 0.786. The van der Waals surface area contributed by atoms with Crippen molar-refractivity contribution < 1.29 is 14.1 Å². The van der Waals surface area contributed by atoms with Crippen LogP contribution < -0.4 is 5.32 Å². The molecule has 7 nitrogen and oxygen atoms in total. The van der Waals surface area contributed by atoms with Gasteiger partial charge in [-0.15, -0.1) is 0 Å². The Morgan fingerprint density at radius 2 is 2.14 bits per heavy atom. The lowest BCUT2D eigenvalue weighted by atomic mass is 10.2. The number of nitrogens with one attached hydrogen (secondary N) is 1. The van der Waals surface area contributed by atoms with Crippen LogP contribution in [0.1, 0.15) is 31.0 Å². The van der Waals surface area contributed by atoms with Crippen LogP contribution in [-0.2, 0) is 16.0 Å². The van der Waals surface area contributed by atoms with Crippen LogP contribution in [0.3, 0.4) is 0 Å². The quantitative estimate of drug-likeness (QED) is 0.705. The fourth-order valence-electron chi connectivity index (χ4n) is 2.29. The molecule has 1 N–H and O–H groups in total. The van der Waals surface area contributed by atoms with Crippen LogP contribution in [0.2, 0.25) is 0 Å². The molecule has 0 aromatic carbocycles. The molecule has 0 bridgehead atoms. The highest BCUT2D eigenvalue weighted by atomic mass is 16.5. The normalized spacial score (nSPS) is 16.0. The number of aryl methyl sites for hydroxylation is 2. The first kappa shape index (κ1) is 15.9. The van der Waals surface area contributed by atoms with Gasteiger partial charge in [0.25, 0.3) is 0 Å². The summed E-state index contributed by atoms with van der Waals surface area (Å²) in [5.41, 5.74) is 0. The summed E-state index contributed by atoms with van der Waals surface area (Å²) < 4.78 is 10.3. The van der Waals surface area contributed by atoms with E-state index in [1.54, 1.807) is 6.92 Å². The van der Waals surface area contributed by atoms with Gasteiger partial charge in [0.15, 0.2) is 5.82 Å². The van der Waals surface area contributed by atoms with Crippen molar-refractivity contribution in [1.29, 1.82) is 0 Å². The molecule has 0 atom stereocenters. The summed E-state index contributed by atoms with van der Waals surface area (Å²) in [6.45, 7) is 7.17. The average Bonchev–Trinajstić information content (AvgIpc) is 2.90. The maximum absolute atomic E-state index is 11.7. The van der Waals surface area contributed by atoms with E-state index >= 15 is 0 Å². The van der Waals surface area contributed by atoms with Crippen LogP contribution in [0.4, 0.5) is 0 Å². The number of hydrogen-bond acceptors (Lipinski definition) is 6. The molecule has 1 aromatic heterocycles. The smallest absolute Gasteiger partial charge is 0.226 e. The number of rotatable bonds is 8. The predicted molar refractivity (Wildman–Crippen MR) is 76.9 cm³/mol. The molecule has 7 heteroatoms. The molecule has 0 radical (unpaired) electrons. The zero-order valence-electron chi connectivity index (χ0n) is 12.6. The molecule has 0 unspecified atom stereocenters. The van der Waals surface area contributed by atoms with Crippen molar-refractivity contribution in [1.82, 2.24) is 20.4 Å². The van der Waals surface area contributed by atoms with Crippen molar-refractivity contribution in [3.63, 3.8) is 0 Å². The van der Waals surface area contributed by atoms with E-state index in [0.717, 1.165) is 52.2 Å². The molecule has 1 saturated heterocycles. The highest BCUT2D eigenvalue weighted by Crippen LogP contribution is 2.02. The Morgan fingerprint density at radius 1 is 1.33 bits per heavy atom. The summed E-state index contributed by atoms with van der Waals surface area (Å²) in [6.07, 6.45) is 2.87. The average molecular weight is 296 g/mol. The molecular formula is C14H24N4O3. The molecular weight excluding hydrogens is 272 g/mol. The van der Waals surface area contributed by atoms with Crippen molar-refractivity contribution in [3.05, 3.63) is 11.7 Å². The summed E-state index contributed by atoms with van der Waals surface area (Å²) in [5, 5.41) is 6.67. The van der Waals surface area contributed by atoms with Crippen LogP contribution >= 0.6 is 0 Å². The van der Waals surface area contributed by atoms with Crippen LogP contribution in [0.15, 0.2) is 4.52 Å². The molecule has 21 heavy (non-hydrogen) atoms. The second-order valence-electron chi connectivity index (χ2n) is 5.25. The molecule has 0 saturated carbocycles. The van der Waals surface area contributed by atoms with Gasteiger partial charge in [-0.25, -0.2) is 0 Å². The van der Waals surface area contributed by atoms with Gasteiger partial charge in [-0.2, -0.15) is 4.98 Å². The van der Waals surface area contributed by atoms with E-state index in [9.17, 15) is 4.79 Å². The number of hydrogen-bond donors (Lipinski definition) is 1. The summed E-state index contributed by atoms with van der Waals surface area (Å²) >= 11 is 0. The number of carbonyl (C=O) groups excluding carboxylic acids is 1. The van der Waals surface area contributed by atoms with E-state index in [-0.39, 0.29) is 5.91 Å². The van der Waals surface area contributed by atoms with Gasteiger partial charge in [0.05, 0.1) is 13.2 Å². The topological polar surface area (TPSA) is 80.5 Å². The Hall–Kier alpha value is -1.47. The van der Waals surface area contributed by atoms with Crippen LogP contribution in [0.5, 0.6) is 0 Å². The van der Waals surface area contributed by atoms with Gasteiger partial charge in [-0.05, 0) is 26.3 Å². The third kappa shape index (κ3) is 6.22. The summed E-state index contributed by atoms with van der Waals surface area (Å²) in [6, 6.07) is 0. The standard InChI is InChI=1S/C14H24N4O3/c1-12-16-14(21-17-12)5-2-4-13(19)15-6-3-7-18-8-10-20-11-9-18/h2-11H2,1H3,(H,15,19).